The average molecular weight is 373 g/mol. The molecule has 0 bridgehead atoms. The fourth-order valence-corrected chi connectivity index (χ4v) is 2.87. The number of aromatic nitrogens is 2. The first-order valence-corrected chi connectivity index (χ1v) is 8.93. The Labute approximate surface area is 162 Å². The van der Waals surface area contributed by atoms with Crippen LogP contribution in [0.2, 0.25) is 0 Å². The summed E-state index contributed by atoms with van der Waals surface area (Å²) >= 11 is 0. The van der Waals surface area contributed by atoms with E-state index < -0.39 is 0 Å². The summed E-state index contributed by atoms with van der Waals surface area (Å²) < 4.78 is 11.4. The zero-order valence-electron chi connectivity index (χ0n) is 15.6. The smallest absolute Gasteiger partial charge is 0.252 e. The van der Waals surface area contributed by atoms with Gasteiger partial charge < -0.3 is 14.2 Å². The summed E-state index contributed by atoms with van der Waals surface area (Å²) in [6.45, 7) is 3.92. The van der Waals surface area contributed by atoms with Gasteiger partial charge in [0, 0.05) is 11.1 Å². The van der Waals surface area contributed by atoms with Crippen LogP contribution < -0.4 is 5.32 Å². The molecule has 0 aliphatic heterocycles. The summed E-state index contributed by atoms with van der Waals surface area (Å²) in [7, 11) is 0. The van der Waals surface area contributed by atoms with Crippen LogP contribution in [0.4, 0.5) is 0 Å². The lowest BCUT2D eigenvalue weighted by molar-refractivity contribution is 0.0947. The molecule has 0 saturated carbocycles. The molecule has 2 aromatic carbocycles. The predicted molar refractivity (Wildman–Crippen MR) is 105 cm³/mol. The van der Waals surface area contributed by atoms with Gasteiger partial charge in [-0.1, -0.05) is 42.5 Å². The van der Waals surface area contributed by atoms with Crippen molar-refractivity contribution in [1.82, 2.24) is 15.3 Å². The number of benzene rings is 2. The lowest BCUT2D eigenvalue weighted by Gasteiger charge is -2.07. The molecule has 0 atom stereocenters. The maximum absolute atomic E-state index is 12.7. The highest BCUT2D eigenvalue weighted by atomic mass is 16.4. The van der Waals surface area contributed by atoms with Gasteiger partial charge in [-0.25, -0.2) is 9.97 Å². The summed E-state index contributed by atoms with van der Waals surface area (Å²) in [6, 6.07) is 16.9. The van der Waals surface area contributed by atoms with E-state index >= 15 is 0 Å². The van der Waals surface area contributed by atoms with Gasteiger partial charge in [-0.3, -0.25) is 4.79 Å². The van der Waals surface area contributed by atoms with Crippen LogP contribution >= 0.6 is 0 Å². The summed E-state index contributed by atoms with van der Waals surface area (Å²) in [5.74, 6) is 2.02. The normalized spacial score (nSPS) is 10.8. The number of hydrogen-bond acceptors (Lipinski definition) is 5. The summed E-state index contributed by atoms with van der Waals surface area (Å²) in [5, 5.41) is 2.84. The number of aryl methyl sites for hydroxylation is 2. The van der Waals surface area contributed by atoms with Crippen LogP contribution in [0.25, 0.3) is 22.8 Å². The Balaban J connectivity index is 1.57. The van der Waals surface area contributed by atoms with Crippen LogP contribution in [0.1, 0.15) is 27.7 Å². The van der Waals surface area contributed by atoms with Gasteiger partial charge >= 0.3 is 0 Å². The molecule has 4 aromatic rings. The van der Waals surface area contributed by atoms with Crippen molar-refractivity contribution in [3.05, 3.63) is 83.7 Å². The van der Waals surface area contributed by atoms with Crippen molar-refractivity contribution in [2.24, 2.45) is 0 Å². The van der Waals surface area contributed by atoms with Gasteiger partial charge in [0.25, 0.3) is 5.91 Å². The minimum atomic E-state index is -0.247. The maximum atomic E-state index is 12.7. The highest BCUT2D eigenvalue weighted by Crippen LogP contribution is 2.28. The lowest BCUT2D eigenvalue weighted by Crippen LogP contribution is -2.23. The first-order valence-electron chi connectivity index (χ1n) is 8.93. The van der Waals surface area contributed by atoms with E-state index in [1.165, 1.54) is 0 Å². The van der Waals surface area contributed by atoms with Crippen molar-refractivity contribution in [1.29, 1.82) is 0 Å². The largest absolute Gasteiger partial charge is 0.444 e. The van der Waals surface area contributed by atoms with Crippen LogP contribution in [0.5, 0.6) is 0 Å². The quantitative estimate of drug-likeness (QED) is 0.555. The van der Waals surface area contributed by atoms with Crippen LogP contribution in [-0.4, -0.2) is 15.9 Å². The van der Waals surface area contributed by atoms with E-state index in [2.05, 4.69) is 15.3 Å². The molecule has 0 radical (unpaired) electrons. The second-order valence-electron chi connectivity index (χ2n) is 6.37. The molecule has 0 saturated heterocycles. The van der Waals surface area contributed by atoms with Gasteiger partial charge in [-0.2, -0.15) is 0 Å². The average Bonchev–Trinajstić information content (AvgIpc) is 3.34. The molecule has 0 spiro atoms. The number of carbonyl (C=O) groups excluding carboxylic acids is 1. The van der Waals surface area contributed by atoms with E-state index in [-0.39, 0.29) is 12.5 Å². The molecular formula is C22H19N3O3. The first kappa shape index (κ1) is 17.7. The van der Waals surface area contributed by atoms with Gasteiger partial charge in [0.15, 0.2) is 5.76 Å². The summed E-state index contributed by atoms with van der Waals surface area (Å²) in [5.41, 5.74) is 2.85. The number of nitrogens with one attached hydrogen (secondary N) is 1. The van der Waals surface area contributed by atoms with E-state index in [9.17, 15) is 4.79 Å². The predicted octanol–water partition coefficient (Wildman–Crippen LogP) is 4.54. The Kier molecular flexibility index (Phi) is 4.76. The molecule has 1 N–H and O–H groups in total. The Morgan fingerprint density at radius 2 is 1.75 bits per heavy atom. The van der Waals surface area contributed by atoms with Crippen molar-refractivity contribution in [3.63, 3.8) is 0 Å². The SMILES string of the molecule is Cc1nc(CNC(=O)c2ccccc2-c2ncc(-c3ccccc3)o2)oc1C. The van der Waals surface area contributed by atoms with Crippen molar-refractivity contribution in [2.75, 3.05) is 0 Å². The van der Waals surface area contributed by atoms with Gasteiger partial charge in [0.05, 0.1) is 24.0 Å². The summed E-state index contributed by atoms with van der Waals surface area (Å²) in [4.78, 5) is 21.4. The number of oxazole rings is 2. The Hall–Kier alpha value is -3.67. The number of nitrogens with zero attached hydrogens (tertiary/aromatic N) is 2. The molecule has 28 heavy (non-hydrogen) atoms. The molecule has 0 fully saturated rings. The third-order valence-corrected chi connectivity index (χ3v) is 4.44. The number of carbonyl (C=O) groups is 1. The van der Waals surface area contributed by atoms with E-state index in [1.807, 2.05) is 56.3 Å². The van der Waals surface area contributed by atoms with Crippen molar-refractivity contribution in [2.45, 2.75) is 20.4 Å². The number of amides is 1. The van der Waals surface area contributed by atoms with Crippen molar-refractivity contribution >= 4 is 5.91 Å². The molecule has 6 nitrogen and oxygen atoms in total. The number of hydrogen-bond donors (Lipinski definition) is 1. The van der Waals surface area contributed by atoms with Crippen molar-refractivity contribution < 1.29 is 13.6 Å². The maximum Gasteiger partial charge on any atom is 0.252 e. The molecule has 1 amide bonds. The molecule has 4 rings (SSSR count). The zero-order chi connectivity index (χ0) is 19.5. The highest BCUT2D eigenvalue weighted by molar-refractivity contribution is 5.99. The van der Waals surface area contributed by atoms with Crippen LogP contribution in [0.15, 0.2) is 69.6 Å². The fourth-order valence-electron chi connectivity index (χ4n) is 2.87. The minimum absolute atomic E-state index is 0.211. The molecular weight excluding hydrogens is 354 g/mol. The first-order chi connectivity index (χ1) is 13.6. The van der Waals surface area contributed by atoms with Gasteiger partial charge in [0.2, 0.25) is 11.8 Å². The zero-order valence-corrected chi connectivity index (χ0v) is 15.6. The van der Waals surface area contributed by atoms with E-state index in [0.29, 0.717) is 28.7 Å². The van der Waals surface area contributed by atoms with E-state index in [4.69, 9.17) is 8.83 Å². The van der Waals surface area contributed by atoms with E-state index in [1.54, 1.807) is 18.3 Å². The topological polar surface area (TPSA) is 81.2 Å². The Morgan fingerprint density at radius 3 is 2.50 bits per heavy atom. The highest BCUT2D eigenvalue weighted by Gasteiger charge is 2.17. The molecule has 0 aliphatic carbocycles. The molecule has 0 unspecified atom stereocenters. The van der Waals surface area contributed by atoms with Gasteiger partial charge in [-0.15, -0.1) is 0 Å². The van der Waals surface area contributed by atoms with Gasteiger partial charge in [-0.05, 0) is 26.0 Å². The van der Waals surface area contributed by atoms with Crippen LogP contribution in [-0.2, 0) is 6.54 Å². The Bertz CT molecular complexity index is 1090. The monoisotopic (exact) mass is 373 g/mol. The van der Waals surface area contributed by atoms with Crippen LogP contribution in [0.3, 0.4) is 0 Å². The summed E-state index contributed by atoms with van der Waals surface area (Å²) in [6.07, 6.45) is 1.66. The van der Waals surface area contributed by atoms with E-state index in [0.717, 1.165) is 17.0 Å². The fraction of sp³-hybridized carbons (Fsp3) is 0.136. The third-order valence-electron chi connectivity index (χ3n) is 4.44. The molecule has 2 heterocycles. The van der Waals surface area contributed by atoms with Gasteiger partial charge in [0.1, 0.15) is 5.76 Å². The second kappa shape index (κ2) is 7.52. The molecule has 140 valence electrons. The standard InChI is InChI=1S/C22H19N3O3/c1-14-15(2)27-20(25-14)13-23-21(26)17-10-6-7-11-18(17)22-24-12-19(28-22)16-8-4-3-5-9-16/h3-12H,13H2,1-2H3,(H,23,26). The second-order valence-corrected chi connectivity index (χ2v) is 6.37. The minimum Gasteiger partial charge on any atom is -0.444 e. The van der Waals surface area contributed by atoms with Crippen molar-refractivity contribution in [3.8, 4) is 22.8 Å². The third kappa shape index (κ3) is 3.57. The Morgan fingerprint density at radius 1 is 1.00 bits per heavy atom. The molecule has 2 aromatic heterocycles. The van der Waals surface area contributed by atoms with Crippen LogP contribution in [0, 0.1) is 13.8 Å². The molecule has 6 heteroatoms. The number of rotatable bonds is 5. The lowest BCUT2D eigenvalue weighted by atomic mass is 10.1. The molecule has 0 aliphatic rings.